The van der Waals surface area contributed by atoms with Gasteiger partial charge in [-0.2, -0.15) is 0 Å². The van der Waals surface area contributed by atoms with E-state index in [1.807, 2.05) is 31.3 Å². The Bertz CT molecular complexity index is 406. The molecule has 0 unspecified atom stereocenters. The van der Waals surface area contributed by atoms with Crippen LogP contribution >= 0.6 is 0 Å². The summed E-state index contributed by atoms with van der Waals surface area (Å²) in [5, 5.41) is 3.07. The van der Waals surface area contributed by atoms with Gasteiger partial charge in [0.15, 0.2) is 5.78 Å². The van der Waals surface area contributed by atoms with E-state index in [2.05, 4.69) is 5.32 Å². The molecule has 0 aliphatic heterocycles. The fourth-order valence-electron chi connectivity index (χ4n) is 1.80. The van der Waals surface area contributed by atoms with Gasteiger partial charge in [-0.15, -0.1) is 0 Å². The van der Waals surface area contributed by atoms with Crippen LogP contribution in [0, 0.1) is 0 Å². The van der Waals surface area contributed by atoms with E-state index in [1.165, 1.54) is 6.92 Å². The van der Waals surface area contributed by atoms with Gasteiger partial charge in [-0.25, -0.2) is 0 Å². The van der Waals surface area contributed by atoms with Gasteiger partial charge >= 0.3 is 0 Å². The summed E-state index contributed by atoms with van der Waals surface area (Å²) in [4.78, 5) is 10.6. The molecule has 0 fully saturated rings. The molecule has 1 N–H and O–H groups in total. The predicted octanol–water partition coefficient (Wildman–Crippen LogP) is 2.90. The van der Waals surface area contributed by atoms with E-state index in [4.69, 9.17) is 14.2 Å². The van der Waals surface area contributed by atoms with Crippen molar-refractivity contribution in [2.24, 2.45) is 0 Å². The highest BCUT2D eigenvalue weighted by atomic mass is 16.5. The van der Waals surface area contributed by atoms with Crippen molar-refractivity contribution in [2.45, 2.75) is 26.2 Å². The molecular weight excluding hydrogens is 282 g/mol. The number of nitrogens with one attached hydrogen (secondary N) is 1. The van der Waals surface area contributed by atoms with E-state index in [0.29, 0.717) is 19.8 Å². The zero-order valence-electron chi connectivity index (χ0n) is 13.6. The van der Waals surface area contributed by atoms with E-state index in [9.17, 15) is 4.79 Å². The molecule has 0 radical (unpaired) electrons. The molecule has 1 rings (SSSR count). The predicted molar refractivity (Wildman–Crippen MR) is 87.7 cm³/mol. The fourth-order valence-corrected chi connectivity index (χ4v) is 1.80. The van der Waals surface area contributed by atoms with Crippen LogP contribution in [-0.2, 0) is 14.3 Å². The molecule has 0 aliphatic carbocycles. The molecule has 5 nitrogen and oxygen atoms in total. The van der Waals surface area contributed by atoms with Crippen molar-refractivity contribution in [3.8, 4) is 5.75 Å². The molecule has 0 aliphatic rings. The normalized spacial score (nSPS) is 10.5. The Morgan fingerprint density at radius 2 is 1.59 bits per heavy atom. The van der Waals surface area contributed by atoms with Gasteiger partial charge in [0.1, 0.15) is 12.4 Å². The average molecular weight is 309 g/mol. The molecule has 0 saturated heterocycles. The van der Waals surface area contributed by atoms with Gasteiger partial charge in [-0.05, 0) is 44.0 Å². The van der Waals surface area contributed by atoms with E-state index < -0.39 is 0 Å². The minimum atomic E-state index is 0.0665. The number of anilines is 1. The van der Waals surface area contributed by atoms with Crippen LogP contribution in [0.3, 0.4) is 0 Å². The fraction of sp³-hybridized carbons (Fsp3) is 0.588. The third-order valence-electron chi connectivity index (χ3n) is 2.98. The van der Waals surface area contributed by atoms with Crippen molar-refractivity contribution >= 4 is 11.5 Å². The van der Waals surface area contributed by atoms with Gasteiger partial charge in [0.2, 0.25) is 0 Å². The van der Waals surface area contributed by atoms with Crippen LogP contribution in [0.5, 0.6) is 5.75 Å². The Kier molecular flexibility index (Phi) is 10.1. The Morgan fingerprint density at radius 1 is 0.955 bits per heavy atom. The van der Waals surface area contributed by atoms with Crippen molar-refractivity contribution in [1.29, 1.82) is 0 Å². The SMILES string of the molecule is CNc1ccc(OCCCOCCCCOCC(C)=O)cc1. The first kappa shape index (κ1) is 18.5. The first-order chi connectivity index (χ1) is 10.7. The van der Waals surface area contributed by atoms with Crippen LogP contribution in [0.25, 0.3) is 0 Å². The molecule has 1 aromatic carbocycles. The molecule has 0 spiro atoms. The highest BCUT2D eigenvalue weighted by Crippen LogP contribution is 2.15. The van der Waals surface area contributed by atoms with E-state index in [1.54, 1.807) is 0 Å². The highest BCUT2D eigenvalue weighted by molar-refractivity contribution is 5.76. The Balaban J connectivity index is 1.88. The van der Waals surface area contributed by atoms with Crippen LogP contribution in [0.4, 0.5) is 5.69 Å². The zero-order valence-corrected chi connectivity index (χ0v) is 13.6. The lowest BCUT2D eigenvalue weighted by molar-refractivity contribution is -0.121. The number of ketones is 1. The van der Waals surface area contributed by atoms with Crippen LogP contribution < -0.4 is 10.1 Å². The first-order valence-electron chi connectivity index (χ1n) is 7.78. The standard InChI is InChI=1S/C17H27NO4/c1-15(19)14-21-11-4-3-10-20-12-5-13-22-17-8-6-16(18-2)7-9-17/h6-9,18H,3-5,10-14H2,1-2H3. The van der Waals surface area contributed by atoms with Crippen LogP contribution in [-0.4, -0.2) is 45.9 Å². The summed E-state index contributed by atoms with van der Waals surface area (Å²) in [6.45, 7) is 4.44. The second-order valence-electron chi connectivity index (χ2n) is 5.05. The second kappa shape index (κ2) is 12.0. The van der Waals surface area contributed by atoms with E-state index >= 15 is 0 Å². The summed E-state index contributed by atoms with van der Waals surface area (Å²) in [5.41, 5.74) is 1.07. The van der Waals surface area contributed by atoms with Gasteiger partial charge < -0.3 is 19.5 Å². The molecule has 0 heterocycles. The van der Waals surface area contributed by atoms with Crippen LogP contribution in [0.1, 0.15) is 26.2 Å². The number of benzene rings is 1. The third-order valence-corrected chi connectivity index (χ3v) is 2.98. The second-order valence-corrected chi connectivity index (χ2v) is 5.05. The number of carbonyl (C=O) groups excluding carboxylic acids is 1. The Morgan fingerprint density at radius 3 is 2.23 bits per heavy atom. The summed E-state index contributed by atoms with van der Waals surface area (Å²) in [5.74, 6) is 0.943. The number of Topliss-reactive ketones (excluding diaryl/α,β-unsaturated/α-hetero) is 1. The van der Waals surface area contributed by atoms with Crippen LogP contribution in [0.15, 0.2) is 24.3 Å². The van der Waals surface area contributed by atoms with Gasteiger partial charge in [-0.1, -0.05) is 0 Å². The topological polar surface area (TPSA) is 56.8 Å². The molecule has 124 valence electrons. The smallest absolute Gasteiger partial charge is 0.155 e. The van der Waals surface area contributed by atoms with E-state index in [-0.39, 0.29) is 12.4 Å². The molecule has 5 heteroatoms. The number of carbonyl (C=O) groups is 1. The lowest BCUT2D eigenvalue weighted by Crippen LogP contribution is -2.07. The Labute approximate surface area is 132 Å². The molecule has 0 atom stereocenters. The first-order valence-corrected chi connectivity index (χ1v) is 7.78. The summed E-state index contributed by atoms with van der Waals surface area (Å²) in [6, 6.07) is 7.88. The summed E-state index contributed by atoms with van der Waals surface area (Å²) in [7, 11) is 1.89. The average Bonchev–Trinajstić information content (AvgIpc) is 2.53. The number of ether oxygens (including phenoxy) is 3. The molecule has 0 aromatic heterocycles. The Hall–Kier alpha value is -1.59. The van der Waals surface area contributed by atoms with Crippen molar-refractivity contribution in [3.05, 3.63) is 24.3 Å². The summed E-state index contributed by atoms with van der Waals surface area (Å²) < 4.78 is 16.3. The highest BCUT2D eigenvalue weighted by Gasteiger charge is 1.96. The number of unbranched alkanes of at least 4 members (excludes halogenated alkanes) is 1. The van der Waals surface area contributed by atoms with E-state index in [0.717, 1.165) is 37.3 Å². The summed E-state index contributed by atoms with van der Waals surface area (Å²) in [6.07, 6.45) is 2.74. The lowest BCUT2D eigenvalue weighted by Gasteiger charge is -2.08. The molecule has 1 aromatic rings. The minimum absolute atomic E-state index is 0.0665. The monoisotopic (exact) mass is 309 g/mol. The molecule has 22 heavy (non-hydrogen) atoms. The van der Waals surface area contributed by atoms with Gasteiger partial charge in [0.05, 0.1) is 6.61 Å². The number of rotatable bonds is 13. The summed E-state index contributed by atoms with van der Waals surface area (Å²) >= 11 is 0. The van der Waals surface area contributed by atoms with Crippen molar-refractivity contribution in [2.75, 3.05) is 45.4 Å². The molecular formula is C17H27NO4. The molecule has 0 amide bonds. The maximum absolute atomic E-state index is 10.6. The lowest BCUT2D eigenvalue weighted by atomic mass is 10.3. The third kappa shape index (κ3) is 9.37. The minimum Gasteiger partial charge on any atom is -0.494 e. The van der Waals surface area contributed by atoms with Gasteiger partial charge in [0, 0.05) is 39.0 Å². The number of hydrogen-bond acceptors (Lipinski definition) is 5. The van der Waals surface area contributed by atoms with Crippen LogP contribution in [0.2, 0.25) is 0 Å². The maximum Gasteiger partial charge on any atom is 0.155 e. The van der Waals surface area contributed by atoms with Gasteiger partial charge in [-0.3, -0.25) is 4.79 Å². The van der Waals surface area contributed by atoms with Crippen molar-refractivity contribution < 1.29 is 19.0 Å². The quantitative estimate of drug-likeness (QED) is 0.568. The van der Waals surface area contributed by atoms with Crippen molar-refractivity contribution in [1.82, 2.24) is 0 Å². The molecule has 0 saturated carbocycles. The van der Waals surface area contributed by atoms with Crippen molar-refractivity contribution in [3.63, 3.8) is 0 Å². The zero-order chi connectivity index (χ0) is 16.0. The number of hydrogen-bond donors (Lipinski definition) is 1. The van der Waals surface area contributed by atoms with Gasteiger partial charge in [0.25, 0.3) is 0 Å². The molecule has 0 bridgehead atoms. The largest absolute Gasteiger partial charge is 0.494 e. The maximum atomic E-state index is 10.6.